The highest BCUT2D eigenvalue weighted by Gasteiger charge is 2.32. The number of rotatable bonds is 5. The van der Waals surface area contributed by atoms with E-state index in [0.717, 1.165) is 11.8 Å². The number of hydrogen-bond acceptors (Lipinski definition) is 7. The molecule has 0 saturated carbocycles. The SMILES string of the molecule is O=C(O)CCN1C(=O)/C(=C/c2ccc([N+](=O)[O-])o2)SC1=S. The average Bonchev–Trinajstić information content (AvgIpc) is 2.95. The zero-order chi connectivity index (χ0) is 15.6. The van der Waals surface area contributed by atoms with Gasteiger partial charge in [-0.15, -0.1) is 0 Å². The van der Waals surface area contributed by atoms with Gasteiger partial charge in [0.15, 0.2) is 0 Å². The van der Waals surface area contributed by atoms with Crippen molar-refractivity contribution in [2.75, 3.05) is 6.54 Å². The number of thioether (sulfide) groups is 1. The summed E-state index contributed by atoms with van der Waals surface area (Å²) in [5.74, 6) is -1.75. The molecule has 1 aliphatic rings. The zero-order valence-corrected chi connectivity index (χ0v) is 12.0. The van der Waals surface area contributed by atoms with Crippen molar-refractivity contribution < 1.29 is 24.0 Å². The first-order chi connectivity index (χ1) is 9.88. The number of carbonyl (C=O) groups excluding carboxylic acids is 1. The predicted octanol–water partition coefficient (Wildman–Crippen LogP) is 1.86. The number of amides is 1. The molecule has 21 heavy (non-hydrogen) atoms. The molecular weight excluding hydrogens is 320 g/mol. The van der Waals surface area contributed by atoms with Gasteiger partial charge in [-0.1, -0.05) is 24.0 Å². The molecular formula is C11H8N2O6S2. The van der Waals surface area contributed by atoms with E-state index in [2.05, 4.69) is 0 Å². The summed E-state index contributed by atoms with van der Waals surface area (Å²) >= 11 is 6.00. The van der Waals surface area contributed by atoms with E-state index in [9.17, 15) is 19.7 Å². The molecule has 110 valence electrons. The fourth-order valence-electron chi connectivity index (χ4n) is 1.55. The molecule has 1 aromatic heterocycles. The van der Waals surface area contributed by atoms with E-state index in [1.165, 1.54) is 23.1 Å². The number of carboxylic acid groups (broad SMARTS) is 1. The van der Waals surface area contributed by atoms with Crippen molar-refractivity contribution in [1.29, 1.82) is 0 Å². The van der Waals surface area contributed by atoms with E-state index in [1.54, 1.807) is 0 Å². The maximum Gasteiger partial charge on any atom is 0.433 e. The third-order valence-electron chi connectivity index (χ3n) is 2.49. The monoisotopic (exact) mass is 328 g/mol. The fourth-order valence-corrected chi connectivity index (χ4v) is 2.84. The Kier molecular flexibility index (Phi) is 4.38. The summed E-state index contributed by atoms with van der Waals surface area (Å²) in [5.41, 5.74) is 0. The normalized spacial score (nSPS) is 16.8. The molecule has 1 aromatic rings. The molecule has 0 spiro atoms. The van der Waals surface area contributed by atoms with Crippen LogP contribution in [-0.2, 0) is 9.59 Å². The summed E-state index contributed by atoms with van der Waals surface area (Å²) in [7, 11) is 0. The zero-order valence-electron chi connectivity index (χ0n) is 10.3. The van der Waals surface area contributed by atoms with Crippen molar-refractivity contribution in [3.8, 4) is 0 Å². The molecule has 1 saturated heterocycles. The quantitative estimate of drug-likeness (QED) is 0.377. The Labute approximate surface area is 127 Å². The fraction of sp³-hybridized carbons (Fsp3) is 0.182. The third-order valence-corrected chi connectivity index (χ3v) is 3.87. The van der Waals surface area contributed by atoms with Crippen LogP contribution in [0, 0.1) is 10.1 Å². The highest BCUT2D eigenvalue weighted by Crippen LogP contribution is 2.33. The van der Waals surface area contributed by atoms with Crippen LogP contribution in [0.2, 0.25) is 0 Å². The Morgan fingerprint density at radius 2 is 2.29 bits per heavy atom. The highest BCUT2D eigenvalue weighted by molar-refractivity contribution is 8.26. The van der Waals surface area contributed by atoms with Crippen LogP contribution in [0.25, 0.3) is 6.08 Å². The number of nitrogens with zero attached hydrogens (tertiary/aromatic N) is 2. The van der Waals surface area contributed by atoms with Crippen LogP contribution in [-0.4, -0.2) is 37.7 Å². The van der Waals surface area contributed by atoms with Crippen molar-refractivity contribution in [2.45, 2.75) is 6.42 Å². The van der Waals surface area contributed by atoms with Crippen LogP contribution in [0.3, 0.4) is 0 Å². The second-order valence-electron chi connectivity index (χ2n) is 3.91. The Balaban J connectivity index is 2.15. The van der Waals surface area contributed by atoms with Crippen molar-refractivity contribution in [3.63, 3.8) is 0 Å². The van der Waals surface area contributed by atoms with Crippen molar-refractivity contribution >= 4 is 52.1 Å². The molecule has 2 heterocycles. The summed E-state index contributed by atoms with van der Waals surface area (Å²) in [6.45, 7) is -0.0182. The molecule has 0 radical (unpaired) electrons. The van der Waals surface area contributed by atoms with Gasteiger partial charge in [0, 0.05) is 12.6 Å². The van der Waals surface area contributed by atoms with Crippen LogP contribution in [0.5, 0.6) is 0 Å². The standard InChI is InChI=1S/C11H8N2O6S2/c14-9(15)3-4-12-10(16)7(21-11(12)20)5-6-1-2-8(19-6)13(17)18/h1-2,5H,3-4H2,(H,14,15)/b7-5-. The maximum atomic E-state index is 12.1. The van der Waals surface area contributed by atoms with Gasteiger partial charge in [0.2, 0.25) is 0 Å². The molecule has 2 rings (SSSR count). The molecule has 1 aliphatic heterocycles. The lowest BCUT2D eigenvalue weighted by Gasteiger charge is -2.12. The number of thiocarbonyl (C=S) groups is 1. The van der Waals surface area contributed by atoms with E-state index < -0.39 is 22.7 Å². The minimum Gasteiger partial charge on any atom is -0.481 e. The number of furan rings is 1. The second kappa shape index (κ2) is 6.06. The number of nitro groups is 1. The molecule has 10 heteroatoms. The van der Waals surface area contributed by atoms with E-state index >= 15 is 0 Å². The molecule has 0 bridgehead atoms. The second-order valence-corrected chi connectivity index (χ2v) is 5.59. The molecule has 0 aliphatic carbocycles. The first kappa shape index (κ1) is 15.2. The molecule has 0 unspecified atom stereocenters. The number of aliphatic carboxylic acids is 1. The third kappa shape index (κ3) is 3.47. The van der Waals surface area contributed by atoms with Crippen LogP contribution < -0.4 is 0 Å². The van der Waals surface area contributed by atoms with Crippen LogP contribution in [0.1, 0.15) is 12.2 Å². The minimum absolute atomic E-state index is 0.0182. The van der Waals surface area contributed by atoms with Crippen LogP contribution in [0.4, 0.5) is 5.88 Å². The number of carbonyl (C=O) groups is 2. The Bertz CT molecular complexity index is 665. The lowest BCUT2D eigenvalue weighted by molar-refractivity contribution is -0.402. The van der Waals surface area contributed by atoms with Gasteiger partial charge in [-0.2, -0.15) is 0 Å². The van der Waals surface area contributed by atoms with Crippen molar-refractivity contribution in [1.82, 2.24) is 4.90 Å². The highest BCUT2D eigenvalue weighted by atomic mass is 32.2. The molecule has 1 N–H and O–H groups in total. The maximum absolute atomic E-state index is 12.1. The van der Waals surface area contributed by atoms with E-state index in [0.29, 0.717) is 0 Å². The molecule has 1 amide bonds. The molecule has 0 aromatic carbocycles. The predicted molar refractivity (Wildman–Crippen MR) is 77.5 cm³/mol. The van der Waals surface area contributed by atoms with Crippen LogP contribution in [0.15, 0.2) is 21.5 Å². The smallest absolute Gasteiger partial charge is 0.433 e. The lowest BCUT2D eigenvalue weighted by atomic mass is 10.3. The van der Waals surface area contributed by atoms with Gasteiger partial charge in [-0.05, 0) is 6.07 Å². The first-order valence-corrected chi connectivity index (χ1v) is 6.82. The van der Waals surface area contributed by atoms with Gasteiger partial charge in [-0.3, -0.25) is 24.6 Å². The topological polar surface area (TPSA) is 114 Å². The van der Waals surface area contributed by atoms with Gasteiger partial charge < -0.3 is 9.52 Å². The summed E-state index contributed by atoms with van der Waals surface area (Å²) in [6.07, 6.45) is 1.12. The minimum atomic E-state index is -1.03. The number of hydrogen-bond donors (Lipinski definition) is 1. The largest absolute Gasteiger partial charge is 0.481 e. The summed E-state index contributed by atoms with van der Waals surface area (Å²) in [6, 6.07) is 2.54. The Hall–Kier alpha value is -2.20. The molecule has 0 atom stereocenters. The van der Waals surface area contributed by atoms with Gasteiger partial charge in [0.1, 0.15) is 15.0 Å². The Morgan fingerprint density at radius 3 is 2.86 bits per heavy atom. The summed E-state index contributed by atoms with van der Waals surface area (Å²) < 4.78 is 5.17. The summed E-state index contributed by atoms with van der Waals surface area (Å²) in [5, 5.41) is 19.1. The first-order valence-electron chi connectivity index (χ1n) is 5.60. The van der Waals surface area contributed by atoms with Gasteiger partial charge in [0.05, 0.1) is 17.4 Å². The van der Waals surface area contributed by atoms with Gasteiger partial charge in [0.25, 0.3) is 5.91 Å². The van der Waals surface area contributed by atoms with Crippen molar-refractivity contribution in [2.24, 2.45) is 0 Å². The number of carboxylic acids is 1. The van der Waals surface area contributed by atoms with Gasteiger partial charge in [-0.25, -0.2) is 0 Å². The van der Waals surface area contributed by atoms with E-state index in [-0.39, 0.29) is 28.0 Å². The Morgan fingerprint density at radius 1 is 1.57 bits per heavy atom. The van der Waals surface area contributed by atoms with E-state index in [1.807, 2.05) is 0 Å². The van der Waals surface area contributed by atoms with Gasteiger partial charge >= 0.3 is 11.9 Å². The summed E-state index contributed by atoms with van der Waals surface area (Å²) in [4.78, 5) is 33.8. The van der Waals surface area contributed by atoms with E-state index in [4.69, 9.17) is 21.7 Å². The van der Waals surface area contributed by atoms with Crippen molar-refractivity contribution in [3.05, 3.63) is 32.9 Å². The van der Waals surface area contributed by atoms with Crippen LogP contribution >= 0.6 is 24.0 Å². The average molecular weight is 328 g/mol. The lowest BCUT2D eigenvalue weighted by Crippen LogP contribution is -2.30. The molecule has 8 nitrogen and oxygen atoms in total. The molecule has 1 fully saturated rings.